The Morgan fingerprint density at radius 2 is 1.95 bits per heavy atom. The smallest absolute Gasteiger partial charge is 0.137 e. The molecular weight excluding hydrogens is 302 g/mol. The number of fused-ring (bicyclic) bond motifs is 1. The summed E-state index contributed by atoms with van der Waals surface area (Å²) in [6.07, 6.45) is 4.92. The molecule has 3 aromatic rings. The highest BCUT2D eigenvalue weighted by molar-refractivity contribution is 9.10. The van der Waals surface area contributed by atoms with Crippen LogP contribution in [0, 0.1) is 0 Å². The molecule has 0 amide bonds. The number of halogens is 1. The minimum Gasteiger partial charge on any atom is -0.326 e. The Labute approximate surface area is 120 Å². The van der Waals surface area contributed by atoms with Gasteiger partial charge in [0.15, 0.2) is 0 Å². The summed E-state index contributed by atoms with van der Waals surface area (Å²) in [5.74, 6) is 0. The van der Waals surface area contributed by atoms with Crippen LogP contribution in [0.5, 0.6) is 0 Å². The van der Waals surface area contributed by atoms with Gasteiger partial charge in [0.1, 0.15) is 5.65 Å². The number of imidazole rings is 1. The number of hydrogen-bond acceptors (Lipinski definition) is 2. The third-order valence-corrected chi connectivity index (χ3v) is 3.90. The van der Waals surface area contributed by atoms with Gasteiger partial charge in [-0.3, -0.25) is 0 Å². The SMILES string of the molecule is NCc1ccc2nc(Cc3ccccc3Br)cn2c1. The molecule has 0 atom stereocenters. The number of aromatic nitrogens is 2. The molecular formula is C15H14BrN3. The first-order chi connectivity index (χ1) is 9.26. The average molecular weight is 316 g/mol. The van der Waals surface area contributed by atoms with Gasteiger partial charge in [-0.2, -0.15) is 0 Å². The van der Waals surface area contributed by atoms with Crippen LogP contribution in [0.25, 0.3) is 5.65 Å². The molecule has 2 heterocycles. The minimum atomic E-state index is 0.549. The van der Waals surface area contributed by atoms with Crippen LogP contribution >= 0.6 is 15.9 Å². The van der Waals surface area contributed by atoms with Gasteiger partial charge >= 0.3 is 0 Å². The summed E-state index contributed by atoms with van der Waals surface area (Å²) >= 11 is 3.57. The van der Waals surface area contributed by atoms with E-state index in [9.17, 15) is 0 Å². The molecule has 1 aromatic carbocycles. The maximum Gasteiger partial charge on any atom is 0.137 e. The van der Waals surface area contributed by atoms with Crippen molar-refractivity contribution in [3.8, 4) is 0 Å². The van der Waals surface area contributed by atoms with Gasteiger partial charge in [-0.15, -0.1) is 0 Å². The first-order valence-corrected chi connectivity index (χ1v) is 6.95. The van der Waals surface area contributed by atoms with E-state index in [0.717, 1.165) is 27.8 Å². The van der Waals surface area contributed by atoms with Gasteiger partial charge < -0.3 is 10.1 Å². The quantitative estimate of drug-likeness (QED) is 0.807. The summed E-state index contributed by atoms with van der Waals surface area (Å²) in [7, 11) is 0. The van der Waals surface area contributed by atoms with Gasteiger partial charge in [0.2, 0.25) is 0 Å². The fourth-order valence-corrected chi connectivity index (χ4v) is 2.56. The zero-order valence-electron chi connectivity index (χ0n) is 10.4. The summed E-state index contributed by atoms with van der Waals surface area (Å²) in [6.45, 7) is 0.549. The summed E-state index contributed by atoms with van der Waals surface area (Å²) < 4.78 is 3.16. The van der Waals surface area contributed by atoms with E-state index in [2.05, 4.69) is 39.2 Å². The molecule has 2 aromatic heterocycles. The highest BCUT2D eigenvalue weighted by atomic mass is 79.9. The van der Waals surface area contributed by atoms with Crippen molar-refractivity contribution in [3.63, 3.8) is 0 Å². The fraction of sp³-hybridized carbons (Fsp3) is 0.133. The van der Waals surface area contributed by atoms with Gasteiger partial charge in [-0.25, -0.2) is 4.98 Å². The van der Waals surface area contributed by atoms with Crippen LogP contribution in [0.15, 0.2) is 53.3 Å². The van der Waals surface area contributed by atoms with Crippen molar-refractivity contribution in [1.29, 1.82) is 0 Å². The Morgan fingerprint density at radius 3 is 2.74 bits per heavy atom. The largest absolute Gasteiger partial charge is 0.326 e. The normalized spacial score (nSPS) is 11.1. The third-order valence-electron chi connectivity index (χ3n) is 3.13. The summed E-state index contributed by atoms with van der Waals surface area (Å²) in [6, 6.07) is 12.3. The molecule has 0 bridgehead atoms. The van der Waals surface area contributed by atoms with Crippen molar-refractivity contribution >= 4 is 21.6 Å². The zero-order chi connectivity index (χ0) is 13.2. The molecule has 0 fully saturated rings. The van der Waals surface area contributed by atoms with Gasteiger partial charge in [-0.05, 0) is 23.3 Å². The van der Waals surface area contributed by atoms with Crippen molar-refractivity contribution in [2.24, 2.45) is 5.73 Å². The monoisotopic (exact) mass is 315 g/mol. The minimum absolute atomic E-state index is 0.549. The Kier molecular flexibility index (Phi) is 3.36. The summed E-state index contributed by atoms with van der Waals surface area (Å²) in [4.78, 5) is 4.63. The Hall–Kier alpha value is -1.65. The number of rotatable bonds is 3. The van der Waals surface area contributed by atoms with Crippen LogP contribution < -0.4 is 5.73 Å². The molecule has 19 heavy (non-hydrogen) atoms. The fourth-order valence-electron chi connectivity index (χ4n) is 2.13. The maximum absolute atomic E-state index is 5.65. The summed E-state index contributed by atoms with van der Waals surface area (Å²) in [5, 5.41) is 0. The van der Waals surface area contributed by atoms with E-state index >= 15 is 0 Å². The molecule has 3 nitrogen and oxygen atoms in total. The molecule has 2 N–H and O–H groups in total. The van der Waals surface area contributed by atoms with Crippen LogP contribution in [-0.2, 0) is 13.0 Å². The zero-order valence-corrected chi connectivity index (χ0v) is 12.0. The topological polar surface area (TPSA) is 43.3 Å². The first kappa shape index (κ1) is 12.4. The van der Waals surface area contributed by atoms with E-state index in [1.807, 2.05) is 34.9 Å². The van der Waals surface area contributed by atoms with E-state index in [0.29, 0.717) is 6.54 Å². The molecule has 0 radical (unpaired) electrons. The van der Waals surface area contributed by atoms with E-state index in [1.165, 1.54) is 5.56 Å². The average Bonchev–Trinajstić information content (AvgIpc) is 2.82. The number of nitrogens with zero attached hydrogens (tertiary/aromatic N) is 2. The summed E-state index contributed by atoms with van der Waals surface area (Å²) in [5.41, 5.74) is 10.0. The lowest BCUT2D eigenvalue weighted by Crippen LogP contribution is -1.97. The molecule has 0 aliphatic carbocycles. The molecule has 0 saturated carbocycles. The lowest BCUT2D eigenvalue weighted by Gasteiger charge is -2.00. The van der Waals surface area contributed by atoms with E-state index in [1.54, 1.807) is 0 Å². The Balaban J connectivity index is 1.95. The molecule has 3 rings (SSSR count). The number of hydrogen-bond donors (Lipinski definition) is 1. The molecule has 0 saturated heterocycles. The van der Waals surface area contributed by atoms with E-state index in [4.69, 9.17) is 5.73 Å². The van der Waals surface area contributed by atoms with E-state index < -0.39 is 0 Å². The second-order valence-corrected chi connectivity index (χ2v) is 5.36. The van der Waals surface area contributed by atoms with Gasteiger partial charge in [0.25, 0.3) is 0 Å². The van der Waals surface area contributed by atoms with Crippen molar-refractivity contribution in [3.05, 3.63) is 70.1 Å². The van der Waals surface area contributed by atoms with Crippen LogP contribution in [0.3, 0.4) is 0 Å². The first-order valence-electron chi connectivity index (χ1n) is 6.16. The Bertz CT molecular complexity index is 718. The second kappa shape index (κ2) is 5.15. The van der Waals surface area contributed by atoms with Crippen LogP contribution in [-0.4, -0.2) is 9.38 Å². The van der Waals surface area contributed by atoms with Gasteiger partial charge in [-0.1, -0.05) is 40.2 Å². The number of nitrogens with two attached hydrogens (primary N) is 1. The van der Waals surface area contributed by atoms with Crippen LogP contribution in [0.4, 0.5) is 0 Å². The maximum atomic E-state index is 5.65. The van der Waals surface area contributed by atoms with Gasteiger partial charge in [0.05, 0.1) is 5.69 Å². The van der Waals surface area contributed by atoms with Crippen molar-refractivity contribution in [2.45, 2.75) is 13.0 Å². The molecule has 0 aliphatic heterocycles. The molecule has 0 aliphatic rings. The van der Waals surface area contributed by atoms with Crippen molar-refractivity contribution in [1.82, 2.24) is 9.38 Å². The molecule has 0 spiro atoms. The van der Waals surface area contributed by atoms with Crippen molar-refractivity contribution < 1.29 is 0 Å². The Morgan fingerprint density at radius 1 is 1.11 bits per heavy atom. The highest BCUT2D eigenvalue weighted by Crippen LogP contribution is 2.19. The molecule has 96 valence electrons. The predicted molar refractivity (Wildman–Crippen MR) is 80.0 cm³/mol. The van der Waals surface area contributed by atoms with E-state index in [-0.39, 0.29) is 0 Å². The standard InChI is InChI=1S/C15H14BrN3/c16-14-4-2-1-3-12(14)7-13-10-19-9-11(8-17)5-6-15(19)18-13/h1-6,9-10H,7-8,17H2. The molecule has 4 heteroatoms. The van der Waals surface area contributed by atoms with Crippen LogP contribution in [0.2, 0.25) is 0 Å². The van der Waals surface area contributed by atoms with Crippen molar-refractivity contribution in [2.75, 3.05) is 0 Å². The number of benzene rings is 1. The van der Waals surface area contributed by atoms with Gasteiger partial charge in [0, 0.05) is 29.8 Å². The third kappa shape index (κ3) is 2.55. The lowest BCUT2D eigenvalue weighted by molar-refractivity contribution is 1.03. The molecule has 0 unspecified atom stereocenters. The predicted octanol–water partition coefficient (Wildman–Crippen LogP) is 3.15. The van der Waals surface area contributed by atoms with Crippen LogP contribution in [0.1, 0.15) is 16.8 Å². The second-order valence-electron chi connectivity index (χ2n) is 4.51. The number of pyridine rings is 1. The lowest BCUT2D eigenvalue weighted by atomic mass is 10.1. The highest BCUT2D eigenvalue weighted by Gasteiger charge is 2.05.